The molecule has 0 rings (SSSR count). The van der Waals surface area contributed by atoms with Crippen LogP contribution in [0.25, 0.3) is 0 Å². The Morgan fingerprint density at radius 3 is 2.43 bits per heavy atom. The molecule has 7 heavy (non-hydrogen) atoms. The molecule has 0 unspecified atom stereocenters. The average Bonchev–Trinajstić information content (AvgIpc) is 1.61. The first kappa shape index (κ1) is 7.09. The highest BCUT2D eigenvalue weighted by Gasteiger charge is 1.86. The third-order valence-electron chi connectivity index (χ3n) is 0.547. The van der Waals surface area contributed by atoms with Crippen LogP contribution in [0.3, 0.4) is 0 Å². The van der Waals surface area contributed by atoms with Crippen molar-refractivity contribution >= 4 is 11.8 Å². The van der Waals surface area contributed by atoms with E-state index in [-0.39, 0.29) is 0 Å². The molecule has 0 aliphatic heterocycles. The number of thioether (sulfide) groups is 1. The SMILES string of the molecule is C=CCSC(C)C. The number of rotatable bonds is 3. The normalized spacial score (nSPS) is 9.57. The van der Waals surface area contributed by atoms with Gasteiger partial charge < -0.3 is 0 Å². The molecular formula is C6H12S. The van der Waals surface area contributed by atoms with Gasteiger partial charge in [-0.2, -0.15) is 11.8 Å². The molecule has 0 atom stereocenters. The van der Waals surface area contributed by atoms with Crippen LogP contribution in [0.2, 0.25) is 0 Å². The lowest BCUT2D eigenvalue weighted by atomic mass is 10.6. The van der Waals surface area contributed by atoms with Crippen LogP contribution in [0.1, 0.15) is 13.8 Å². The van der Waals surface area contributed by atoms with Crippen LogP contribution in [0, 0.1) is 0 Å². The zero-order chi connectivity index (χ0) is 5.70. The van der Waals surface area contributed by atoms with Crippen molar-refractivity contribution in [3.63, 3.8) is 0 Å². The minimum Gasteiger partial charge on any atom is -0.155 e. The van der Waals surface area contributed by atoms with E-state index in [4.69, 9.17) is 0 Å². The average molecular weight is 116 g/mol. The van der Waals surface area contributed by atoms with E-state index in [0.717, 1.165) is 11.0 Å². The van der Waals surface area contributed by atoms with Gasteiger partial charge in [0.15, 0.2) is 0 Å². The summed E-state index contributed by atoms with van der Waals surface area (Å²) in [5.74, 6) is 1.08. The third-order valence-corrected chi connectivity index (χ3v) is 1.64. The van der Waals surface area contributed by atoms with Crippen molar-refractivity contribution in [3.8, 4) is 0 Å². The van der Waals surface area contributed by atoms with Crippen LogP contribution in [-0.2, 0) is 0 Å². The molecule has 0 fully saturated rings. The molecule has 0 nitrogen and oxygen atoms in total. The lowest BCUT2D eigenvalue weighted by Crippen LogP contribution is -1.85. The van der Waals surface area contributed by atoms with E-state index in [1.54, 1.807) is 0 Å². The summed E-state index contributed by atoms with van der Waals surface area (Å²) >= 11 is 1.91. The van der Waals surface area contributed by atoms with Gasteiger partial charge in [-0.25, -0.2) is 0 Å². The van der Waals surface area contributed by atoms with Crippen molar-refractivity contribution in [2.75, 3.05) is 5.75 Å². The molecule has 0 amide bonds. The van der Waals surface area contributed by atoms with E-state index in [1.807, 2.05) is 17.8 Å². The fraction of sp³-hybridized carbons (Fsp3) is 0.667. The van der Waals surface area contributed by atoms with Crippen LogP contribution >= 0.6 is 11.8 Å². The topological polar surface area (TPSA) is 0 Å². The Labute approximate surface area is 50.0 Å². The second-order valence-electron chi connectivity index (χ2n) is 1.67. The minimum atomic E-state index is 0.748. The molecule has 0 saturated heterocycles. The van der Waals surface area contributed by atoms with Crippen LogP contribution in [-0.4, -0.2) is 11.0 Å². The van der Waals surface area contributed by atoms with Gasteiger partial charge in [0.1, 0.15) is 0 Å². The Morgan fingerprint density at radius 2 is 2.29 bits per heavy atom. The molecule has 0 heterocycles. The summed E-state index contributed by atoms with van der Waals surface area (Å²) < 4.78 is 0. The molecule has 0 bridgehead atoms. The van der Waals surface area contributed by atoms with Crippen LogP contribution in [0.4, 0.5) is 0 Å². The number of hydrogen-bond acceptors (Lipinski definition) is 1. The van der Waals surface area contributed by atoms with Gasteiger partial charge in [-0.05, 0) is 5.25 Å². The van der Waals surface area contributed by atoms with Crippen molar-refractivity contribution in [2.45, 2.75) is 19.1 Å². The molecule has 42 valence electrons. The van der Waals surface area contributed by atoms with Gasteiger partial charge in [0.25, 0.3) is 0 Å². The predicted octanol–water partition coefficient (Wildman–Crippen LogP) is 2.31. The predicted molar refractivity (Wildman–Crippen MR) is 37.8 cm³/mol. The Bertz CT molecular complexity index is 48.1. The standard InChI is InChI=1S/C6H12S/c1-4-5-7-6(2)3/h4,6H,1,5H2,2-3H3. The molecule has 0 aromatic carbocycles. The van der Waals surface area contributed by atoms with E-state index >= 15 is 0 Å². The van der Waals surface area contributed by atoms with E-state index in [0.29, 0.717) is 0 Å². The maximum absolute atomic E-state index is 3.61. The maximum Gasteiger partial charge on any atom is 0.0113 e. The Kier molecular flexibility index (Phi) is 4.31. The van der Waals surface area contributed by atoms with Gasteiger partial charge in [0.2, 0.25) is 0 Å². The Hall–Kier alpha value is 0.0900. The molecule has 0 spiro atoms. The lowest BCUT2D eigenvalue weighted by molar-refractivity contribution is 1.11. The van der Waals surface area contributed by atoms with Crippen molar-refractivity contribution in [2.24, 2.45) is 0 Å². The van der Waals surface area contributed by atoms with Crippen LogP contribution in [0.5, 0.6) is 0 Å². The number of hydrogen-bond donors (Lipinski definition) is 0. The molecule has 0 radical (unpaired) electrons. The van der Waals surface area contributed by atoms with Gasteiger partial charge in [-0.1, -0.05) is 19.9 Å². The van der Waals surface area contributed by atoms with Gasteiger partial charge in [0.05, 0.1) is 0 Å². The summed E-state index contributed by atoms with van der Waals surface area (Å²) in [7, 11) is 0. The third kappa shape index (κ3) is 6.09. The summed E-state index contributed by atoms with van der Waals surface area (Å²) in [6.45, 7) is 7.99. The quantitative estimate of drug-likeness (QED) is 0.510. The summed E-state index contributed by atoms with van der Waals surface area (Å²) in [5, 5.41) is 0.748. The fourth-order valence-corrected chi connectivity index (χ4v) is 0.781. The van der Waals surface area contributed by atoms with Crippen molar-refractivity contribution < 1.29 is 0 Å². The highest BCUT2D eigenvalue weighted by Crippen LogP contribution is 2.07. The summed E-state index contributed by atoms with van der Waals surface area (Å²) in [6, 6.07) is 0. The van der Waals surface area contributed by atoms with E-state index < -0.39 is 0 Å². The molecular weight excluding hydrogens is 104 g/mol. The Morgan fingerprint density at radius 1 is 1.71 bits per heavy atom. The zero-order valence-electron chi connectivity index (χ0n) is 4.98. The molecule has 0 aliphatic carbocycles. The first-order chi connectivity index (χ1) is 3.27. The second-order valence-corrected chi connectivity index (χ2v) is 3.28. The van der Waals surface area contributed by atoms with Gasteiger partial charge in [-0.15, -0.1) is 6.58 Å². The van der Waals surface area contributed by atoms with Crippen molar-refractivity contribution in [1.29, 1.82) is 0 Å². The van der Waals surface area contributed by atoms with Crippen molar-refractivity contribution in [1.82, 2.24) is 0 Å². The highest BCUT2D eigenvalue weighted by molar-refractivity contribution is 7.99. The summed E-state index contributed by atoms with van der Waals surface area (Å²) in [4.78, 5) is 0. The first-order valence-corrected chi connectivity index (χ1v) is 3.54. The maximum atomic E-state index is 3.61. The van der Waals surface area contributed by atoms with E-state index in [2.05, 4.69) is 20.4 Å². The van der Waals surface area contributed by atoms with E-state index in [9.17, 15) is 0 Å². The van der Waals surface area contributed by atoms with Crippen LogP contribution in [0.15, 0.2) is 12.7 Å². The van der Waals surface area contributed by atoms with Gasteiger partial charge in [-0.3, -0.25) is 0 Å². The monoisotopic (exact) mass is 116 g/mol. The molecule has 0 aromatic heterocycles. The van der Waals surface area contributed by atoms with E-state index in [1.165, 1.54) is 0 Å². The van der Waals surface area contributed by atoms with Gasteiger partial charge >= 0.3 is 0 Å². The molecule has 0 saturated carbocycles. The minimum absolute atomic E-state index is 0.748. The highest BCUT2D eigenvalue weighted by atomic mass is 32.2. The smallest absolute Gasteiger partial charge is 0.0113 e. The van der Waals surface area contributed by atoms with Gasteiger partial charge in [0, 0.05) is 5.75 Å². The molecule has 0 aliphatic rings. The zero-order valence-corrected chi connectivity index (χ0v) is 5.79. The second kappa shape index (κ2) is 4.25. The lowest BCUT2D eigenvalue weighted by Gasteiger charge is -1.97. The molecule has 0 aromatic rings. The molecule has 1 heteroatoms. The molecule has 0 N–H and O–H groups in total. The van der Waals surface area contributed by atoms with Crippen LogP contribution < -0.4 is 0 Å². The summed E-state index contributed by atoms with van der Waals surface area (Å²) in [6.07, 6.45) is 1.94. The summed E-state index contributed by atoms with van der Waals surface area (Å²) in [5.41, 5.74) is 0. The fourth-order valence-electron chi connectivity index (χ4n) is 0.260. The first-order valence-electron chi connectivity index (χ1n) is 2.50. The van der Waals surface area contributed by atoms with Crippen molar-refractivity contribution in [3.05, 3.63) is 12.7 Å². The largest absolute Gasteiger partial charge is 0.155 e. The Balaban J connectivity index is 2.81.